The number of hydrogen-bond donors (Lipinski definition) is 2. The SMILES string of the molecule is Cn1cc(-c2nc(C3(c4ccc(-c5ccc(N)c(N)c5)cc4)CCC3)no2)cn1. The Balaban J connectivity index is 1.47. The van der Waals surface area contributed by atoms with Crippen LogP contribution < -0.4 is 11.5 Å². The van der Waals surface area contributed by atoms with Gasteiger partial charge in [-0.1, -0.05) is 41.9 Å². The van der Waals surface area contributed by atoms with Gasteiger partial charge in [0, 0.05) is 13.2 Å². The van der Waals surface area contributed by atoms with E-state index in [1.165, 1.54) is 5.56 Å². The van der Waals surface area contributed by atoms with Crippen LogP contribution in [0.25, 0.3) is 22.6 Å². The first kappa shape index (κ1) is 17.5. The highest BCUT2D eigenvalue weighted by atomic mass is 16.5. The fourth-order valence-electron chi connectivity index (χ4n) is 3.97. The van der Waals surface area contributed by atoms with E-state index in [1.807, 2.05) is 31.4 Å². The van der Waals surface area contributed by atoms with E-state index in [4.69, 9.17) is 21.0 Å². The molecule has 1 aliphatic rings. The third-order valence-corrected chi connectivity index (χ3v) is 5.87. The molecule has 0 bridgehead atoms. The molecule has 29 heavy (non-hydrogen) atoms. The molecule has 0 radical (unpaired) electrons. The van der Waals surface area contributed by atoms with Crippen LogP contribution in [-0.2, 0) is 12.5 Å². The van der Waals surface area contributed by atoms with Crippen molar-refractivity contribution in [1.82, 2.24) is 19.9 Å². The fraction of sp³-hybridized carbons (Fsp3) is 0.227. The van der Waals surface area contributed by atoms with E-state index < -0.39 is 0 Å². The van der Waals surface area contributed by atoms with Crippen LogP contribution in [0.5, 0.6) is 0 Å². The molecule has 2 aromatic heterocycles. The summed E-state index contributed by atoms with van der Waals surface area (Å²) in [6.07, 6.45) is 6.77. The number of nitrogens with two attached hydrogens (primary N) is 2. The zero-order valence-corrected chi connectivity index (χ0v) is 16.2. The van der Waals surface area contributed by atoms with Gasteiger partial charge in [-0.2, -0.15) is 10.1 Å². The van der Waals surface area contributed by atoms with Crippen molar-refractivity contribution in [3.63, 3.8) is 0 Å². The summed E-state index contributed by atoms with van der Waals surface area (Å²) in [5.74, 6) is 1.25. The number of nitrogens with zero attached hydrogens (tertiary/aromatic N) is 4. The molecule has 0 aliphatic heterocycles. The Morgan fingerprint density at radius 3 is 2.34 bits per heavy atom. The summed E-state index contributed by atoms with van der Waals surface area (Å²) >= 11 is 0. The molecular weight excluding hydrogens is 364 g/mol. The largest absolute Gasteiger partial charge is 0.397 e. The molecule has 2 aromatic carbocycles. The van der Waals surface area contributed by atoms with Gasteiger partial charge in [-0.05, 0) is 41.7 Å². The first-order valence-corrected chi connectivity index (χ1v) is 9.64. The molecule has 0 spiro atoms. The van der Waals surface area contributed by atoms with Crippen molar-refractivity contribution in [2.75, 3.05) is 11.5 Å². The highest BCUT2D eigenvalue weighted by molar-refractivity contribution is 5.74. The fourth-order valence-corrected chi connectivity index (χ4v) is 3.97. The van der Waals surface area contributed by atoms with Gasteiger partial charge in [0.05, 0.1) is 28.6 Å². The van der Waals surface area contributed by atoms with Gasteiger partial charge >= 0.3 is 0 Å². The van der Waals surface area contributed by atoms with Crippen LogP contribution in [0.3, 0.4) is 0 Å². The zero-order chi connectivity index (χ0) is 20.0. The highest BCUT2D eigenvalue weighted by Crippen LogP contribution is 2.48. The molecule has 5 rings (SSSR count). The maximum atomic E-state index is 5.96. The Morgan fingerprint density at radius 2 is 1.72 bits per heavy atom. The van der Waals surface area contributed by atoms with Crippen LogP contribution >= 0.6 is 0 Å². The summed E-state index contributed by atoms with van der Waals surface area (Å²) in [6.45, 7) is 0. The minimum absolute atomic E-state index is 0.192. The van der Waals surface area contributed by atoms with Crippen LogP contribution in [-0.4, -0.2) is 19.9 Å². The average molecular weight is 386 g/mol. The predicted molar refractivity (Wildman–Crippen MR) is 112 cm³/mol. The van der Waals surface area contributed by atoms with Crippen molar-refractivity contribution in [2.24, 2.45) is 7.05 Å². The lowest BCUT2D eigenvalue weighted by atomic mass is 9.64. The Kier molecular flexibility index (Phi) is 3.91. The minimum atomic E-state index is -0.192. The summed E-state index contributed by atoms with van der Waals surface area (Å²) in [5.41, 5.74) is 17.0. The lowest BCUT2D eigenvalue weighted by molar-refractivity contribution is 0.273. The third-order valence-electron chi connectivity index (χ3n) is 5.87. The molecule has 1 aliphatic carbocycles. The lowest BCUT2D eigenvalue weighted by Crippen LogP contribution is -2.36. The summed E-state index contributed by atoms with van der Waals surface area (Å²) in [5, 5.41) is 8.50. The maximum Gasteiger partial charge on any atom is 0.261 e. The van der Waals surface area contributed by atoms with Gasteiger partial charge in [0.1, 0.15) is 0 Å². The number of hydrogen-bond acceptors (Lipinski definition) is 6. The predicted octanol–water partition coefficient (Wildman–Crippen LogP) is 3.77. The number of anilines is 2. The number of nitrogen functional groups attached to an aromatic ring is 2. The Labute approximate surface area is 168 Å². The quantitative estimate of drug-likeness (QED) is 0.517. The van der Waals surface area contributed by atoms with Gasteiger partial charge in [0.2, 0.25) is 0 Å². The van der Waals surface area contributed by atoms with Gasteiger partial charge in [0.25, 0.3) is 5.89 Å². The number of aromatic nitrogens is 4. The molecule has 0 unspecified atom stereocenters. The van der Waals surface area contributed by atoms with E-state index in [9.17, 15) is 0 Å². The molecule has 2 heterocycles. The van der Waals surface area contributed by atoms with Crippen LogP contribution in [0.4, 0.5) is 11.4 Å². The van der Waals surface area contributed by atoms with Gasteiger partial charge in [-0.3, -0.25) is 4.68 Å². The van der Waals surface area contributed by atoms with Gasteiger partial charge in [-0.15, -0.1) is 0 Å². The van der Waals surface area contributed by atoms with E-state index in [0.29, 0.717) is 17.3 Å². The van der Waals surface area contributed by atoms with Gasteiger partial charge in [0.15, 0.2) is 5.82 Å². The van der Waals surface area contributed by atoms with E-state index >= 15 is 0 Å². The van der Waals surface area contributed by atoms with Gasteiger partial charge in [-0.25, -0.2) is 0 Å². The molecule has 146 valence electrons. The molecule has 0 amide bonds. The Bertz CT molecular complexity index is 1170. The van der Waals surface area contributed by atoms with Crippen molar-refractivity contribution >= 4 is 11.4 Å². The lowest BCUT2D eigenvalue weighted by Gasteiger charge is -2.39. The molecule has 1 fully saturated rings. The molecule has 0 saturated heterocycles. The van der Waals surface area contributed by atoms with E-state index in [2.05, 4.69) is 34.5 Å². The Hall–Kier alpha value is -3.61. The van der Waals surface area contributed by atoms with Crippen molar-refractivity contribution in [3.8, 4) is 22.6 Å². The Morgan fingerprint density at radius 1 is 0.966 bits per heavy atom. The first-order chi connectivity index (χ1) is 14.0. The number of rotatable bonds is 4. The highest BCUT2D eigenvalue weighted by Gasteiger charge is 2.44. The molecule has 0 atom stereocenters. The molecule has 7 heteroatoms. The number of benzene rings is 2. The van der Waals surface area contributed by atoms with Gasteiger partial charge < -0.3 is 16.0 Å². The second kappa shape index (κ2) is 6.48. The molecular formula is C22H22N6O. The molecule has 4 aromatic rings. The summed E-state index contributed by atoms with van der Waals surface area (Å²) in [4.78, 5) is 4.70. The van der Waals surface area contributed by atoms with E-state index in [1.54, 1.807) is 10.9 Å². The normalized spacial score (nSPS) is 15.2. The standard InChI is InChI=1S/C22H22N6O/c1-28-13-16(12-25-28)20-26-21(27-29-20)22(9-2-10-22)17-6-3-14(4-7-17)15-5-8-18(23)19(24)11-15/h3-8,11-13H,2,9-10,23-24H2,1H3. The number of aryl methyl sites for hydroxylation is 1. The second-order valence-corrected chi connectivity index (χ2v) is 7.68. The summed E-state index contributed by atoms with van der Waals surface area (Å²) in [7, 11) is 1.87. The zero-order valence-electron chi connectivity index (χ0n) is 16.2. The maximum absolute atomic E-state index is 5.96. The van der Waals surface area contributed by atoms with Crippen molar-refractivity contribution < 1.29 is 4.52 Å². The third kappa shape index (κ3) is 2.86. The average Bonchev–Trinajstić information content (AvgIpc) is 3.33. The monoisotopic (exact) mass is 386 g/mol. The first-order valence-electron chi connectivity index (χ1n) is 9.64. The summed E-state index contributed by atoms with van der Waals surface area (Å²) < 4.78 is 7.27. The van der Waals surface area contributed by atoms with E-state index in [-0.39, 0.29) is 5.41 Å². The second-order valence-electron chi connectivity index (χ2n) is 7.68. The van der Waals surface area contributed by atoms with Crippen molar-refractivity contribution in [3.05, 3.63) is 66.2 Å². The van der Waals surface area contributed by atoms with Crippen LogP contribution in [0, 0.1) is 0 Å². The van der Waals surface area contributed by atoms with Crippen LogP contribution in [0.15, 0.2) is 59.4 Å². The molecule has 1 saturated carbocycles. The van der Waals surface area contributed by atoms with Crippen molar-refractivity contribution in [1.29, 1.82) is 0 Å². The smallest absolute Gasteiger partial charge is 0.261 e. The minimum Gasteiger partial charge on any atom is -0.397 e. The summed E-state index contributed by atoms with van der Waals surface area (Å²) in [6, 6.07) is 14.3. The molecule has 4 N–H and O–H groups in total. The van der Waals surface area contributed by atoms with Crippen LogP contribution in [0.1, 0.15) is 30.7 Å². The topological polar surface area (TPSA) is 109 Å². The molecule has 7 nitrogen and oxygen atoms in total. The van der Waals surface area contributed by atoms with Crippen LogP contribution in [0.2, 0.25) is 0 Å². The van der Waals surface area contributed by atoms with Crippen molar-refractivity contribution in [2.45, 2.75) is 24.7 Å². The van der Waals surface area contributed by atoms with E-state index in [0.717, 1.165) is 41.8 Å².